The minimum absolute atomic E-state index is 0.0257. The van der Waals surface area contributed by atoms with Gasteiger partial charge in [0.15, 0.2) is 15.8 Å². The van der Waals surface area contributed by atoms with Crippen LogP contribution < -0.4 is 5.32 Å². The van der Waals surface area contributed by atoms with Crippen molar-refractivity contribution in [1.29, 1.82) is 0 Å². The number of rotatable bonds is 8. The van der Waals surface area contributed by atoms with Crippen LogP contribution in [0.5, 0.6) is 0 Å². The fourth-order valence-corrected chi connectivity index (χ4v) is 3.54. The van der Waals surface area contributed by atoms with Gasteiger partial charge >= 0.3 is 0 Å². The fourth-order valence-electron chi connectivity index (χ4n) is 2.46. The number of nitrogens with zero attached hydrogens (tertiary/aromatic N) is 4. The summed E-state index contributed by atoms with van der Waals surface area (Å²) in [6.45, 7) is 0.0463. The van der Waals surface area contributed by atoms with Gasteiger partial charge in [0.1, 0.15) is 0 Å². The van der Waals surface area contributed by atoms with Crippen molar-refractivity contribution in [3.8, 4) is 5.69 Å². The van der Waals surface area contributed by atoms with Gasteiger partial charge in [-0.1, -0.05) is 65.3 Å². The van der Waals surface area contributed by atoms with E-state index >= 15 is 0 Å². The third kappa shape index (κ3) is 5.47. The van der Waals surface area contributed by atoms with E-state index in [0.29, 0.717) is 22.4 Å². The molecule has 3 aromatic rings. The van der Waals surface area contributed by atoms with Crippen molar-refractivity contribution in [1.82, 2.24) is 20.1 Å². The minimum atomic E-state index is -1.20. The lowest BCUT2D eigenvalue weighted by atomic mass is 10.2. The number of halogens is 2. The first-order valence-electron chi connectivity index (χ1n) is 8.37. The van der Waals surface area contributed by atoms with Gasteiger partial charge < -0.3 is 5.32 Å². The van der Waals surface area contributed by atoms with Crippen LogP contribution in [0.2, 0.25) is 0 Å². The summed E-state index contributed by atoms with van der Waals surface area (Å²) >= 11 is 12.6. The van der Waals surface area contributed by atoms with E-state index in [-0.39, 0.29) is 12.2 Å². The lowest BCUT2D eigenvalue weighted by Gasteiger charge is -2.11. The zero-order valence-electron chi connectivity index (χ0n) is 14.9. The molecule has 150 valence electrons. The number of thioether (sulfide) groups is 1. The predicted molar refractivity (Wildman–Crippen MR) is 111 cm³/mol. The number of carbonyl (C=O) groups excluding carboxylic acids is 1. The second-order valence-corrected chi connectivity index (χ2v) is 7.84. The first-order valence-corrected chi connectivity index (χ1v) is 10.2. The van der Waals surface area contributed by atoms with Gasteiger partial charge in [0, 0.05) is 23.6 Å². The van der Waals surface area contributed by atoms with Gasteiger partial charge in [0.25, 0.3) is 11.6 Å². The largest absolute Gasteiger partial charge is 0.346 e. The Kier molecular flexibility index (Phi) is 7.08. The number of nitrogens with one attached hydrogen (secondary N) is 1. The standard InChI is InChI=1S/C18H15Cl2N5O3S/c19-16(20)17(26)21-10-15-22-23-18(29-11-12-4-2-1-3-5-12)24(15)13-6-8-14(9-7-13)25(27)28/h1-9,16H,10-11H2,(H,21,26). The van der Waals surface area contributed by atoms with Crippen molar-refractivity contribution in [2.45, 2.75) is 22.3 Å². The normalized spacial score (nSPS) is 10.9. The van der Waals surface area contributed by atoms with Gasteiger partial charge in [-0.25, -0.2) is 0 Å². The molecule has 0 spiro atoms. The molecule has 11 heteroatoms. The molecule has 0 unspecified atom stereocenters. The van der Waals surface area contributed by atoms with Crippen LogP contribution in [0.3, 0.4) is 0 Å². The van der Waals surface area contributed by atoms with Crippen molar-refractivity contribution in [2.24, 2.45) is 0 Å². The number of aromatic nitrogens is 3. The summed E-state index contributed by atoms with van der Waals surface area (Å²) < 4.78 is 1.73. The molecule has 0 atom stereocenters. The topological polar surface area (TPSA) is 103 Å². The molecular formula is C18H15Cl2N5O3S. The quantitative estimate of drug-likeness (QED) is 0.241. The zero-order chi connectivity index (χ0) is 20.8. The monoisotopic (exact) mass is 451 g/mol. The van der Waals surface area contributed by atoms with E-state index in [9.17, 15) is 14.9 Å². The highest BCUT2D eigenvalue weighted by atomic mass is 35.5. The Morgan fingerprint density at radius 3 is 2.45 bits per heavy atom. The Balaban J connectivity index is 1.88. The first-order chi connectivity index (χ1) is 14.0. The molecule has 3 rings (SSSR count). The average Bonchev–Trinajstić information content (AvgIpc) is 3.14. The fraction of sp³-hybridized carbons (Fsp3) is 0.167. The summed E-state index contributed by atoms with van der Waals surface area (Å²) in [5.74, 6) is 0.547. The molecule has 1 amide bonds. The van der Waals surface area contributed by atoms with E-state index in [0.717, 1.165) is 5.56 Å². The van der Waals surface area contributed by atoms with Gasteiger partial charge in [-0.05, 0) is 17.7 Å². The molecule has 0 fully saturated rings. The molecule has 0 saturated heterocycles. The van der Waals surface area contributed by atoms with Gasteiger partial charge in [0.05, 0.1) is 11.5 Å². The predicted octanol–water partition coefficient (Wildman–Crippen LogP) is 3.89. The van der Waals surface area contributed by atoms with Crippen molar-refractivity contribution in [3.63, 3.8) is 0 Å². The molecule has 0 aliphatic rings. The van der Waals surface area contributed by atoms with Gasteiger partial charge in [-0.2, -0.15) is 0 Å². The Labute approximate surface area is 180 Å². The van der Waals surface area contributed by atoms with Crippen LogP contribution >= 0.6 is 35.0 Å². The summed E-state index contributed by atoms with van der Waals surface area (Å²) in [4.78, 5) is 21.0. The molecule has 0 aliphatic carbocycles. The summed E-state index contributed by atoms with van der Waals surface area (Å²) in [5.41, 5.74) is 1.72. The zero-order valence-corrected chi connectivity index (χ0v) is 17.2. The van der Waals surface area contributed by atoms with Gasteiger partial charge in [0.2, 0.25) is 0 Å². The summed E-state index contributed by atoms with van der Waals surface area (Å²) in [6, 6.07) is 15.8. The maximum atomic E-state index is 11.7. The molecule has 29 heavy (non-hydrogen) atoms. The number of non-ortho nitro benzene ring substituents is 1. The van der Waals surface area contributed by atoms with Crippen molar-refractivity contribution < 1.29 is 9.72 Å². The SMILES string of the molecule is O=C(NCc1nnc(SCc2ccccc2)n1-c1ccc([N+](=O)[O-])cc1)C(Cl)Cl. The third-order valence-corrected chi connectivity index (χ3v) is 5.25. The van der Waals surface area contributed by atoms with Crippen LogP contribution in [0.15, 0.2) is 59.8 Å². The molecule has 2 aromatic carbocycles. The smallest absolute Gasteiger partial charge is 0.269 e. The Hall–Kier alpha value is -2.62. The van der Waals surface area contributed by atoms with Crippen molar-refractivity contribution in [3.05, 3.63) is 76.1 Å². The highest BCUT2D eigenvalue weighted by molar-refractivity contribution is 7.98. The Bertz CT molecular complexity index is 996. The molecule has 1 N–H and O–H groups in total. The lowest BCUT2D eigenvalue weighted by Crippen LogP contribution is -2.29. The Morgan fingerprint density at radius 2 is 1.83 bits per heavy atom. The molecular weight excluding hydrogens is 437 g/mol. The third-order valence-electron chi connectivity index (χ3n) is 3.85. The van der Waals surface area contributed by atoms with E-state index in [4.69, 9.17) is 23.2 Å². The molecule has 1 aromatic heterocycles. The van der Waals surface area contributed by atoms with Crippen LogP contribution in [0.4, 0.5) is 5.69 Å². The Morgan fingerprint density at radius 1 is 1.14 bits per heavy atom. The maximum Gasteiger partial charge on any atom is 0.269 e. The lowest BCUT2D eigenvalue weighted by molar-refractivity contribution is -0.384. The van der Waals surface area contributed by atoms with Crippen molar-refractivity contribution in [2.75, 3.05) is 0 Å². The summed E-state index contributed by atoms with van der Waals surface area (Å²) in [7, 11) is 0. The van der Waals surface area contributed by atoms with Gasteiger partial charge in [-0.15, -0.1) is 10.2 Å². The highest BCUT2D eigenvalue weighted by Crippen LogP contribution is 2.26. The summed E-state index contributed by atoms with van der Waals surface area (Å²) in [5, 5.41) is 22.5. The number of nitro groups is 1. The minimum Gasteiger partial charge on any atom is -0.346 e. The molecule has 1 heterocycles. The van der Waals surface area contributed by atoms with E-state index < -0.39 is 15.7 Å². The van der Waals surface area contributed by atoms with E-state index in [1.165, 1.54) is 23.9 Å². The number of alkyl halides is 2. The molecule has 0 aliphatic heterocycles. The van der Waals surface area contributed by atoms with E-state index in [1.807, 2.05) is 30.3 Å². The van der Waals surface area contributed by atoms with Crippen LogP contribution in [0.1, 0.15) is 11.4 Å². The van der Waals surface area contributed by atoms with Crippen molar-refractivity contribution >= 4 is 46.6 Å². The number of hydrogen-bond acceptors (Lipinski definition) is 6. The van der Waals surface area contributed by atoms with Crippen LogP contribution in [0.25, 0.3) is 5.69 Å². The number of nitro benzene ring substituents is 1. The second-order valence-electron chi connectivity index (χ2n) is 5.80. The molecule has 0 bridgehead atoms. The average molecular weight is 452 g/mol. The van der Waals surface area contributed by atoms with E-state index in [2.05, 4.69) is 15.5 Å². The van der Waals surface area contributed by atoms with Crippen LogP contribution in [-0.2, 0) is 17.1 Å². The second kappa shape index (κ2) is 9.73. The number of carbonyl (C=O) groups is 1. The maximum absolute atomic E-state index is 11.7. The number of hydrogen-bond donors (Lipinski definition) is 1. The molecule has 0 saturated carbocycles. The van der Waals surface area contributed by atoms with E-state index in [1.54, 1.807) is 16.7 Å². The number of benzene rings is 2. The van der Waals surface area contributed by atoms with Gasteiger partial charge in [-0.3, -0.25) is 19.5 Å². The molecule has 0 radical (unpaired) electrons. The first kappa shape index (κ1) is 21.1. The number of amides is 1. The van der Waals surface area contributed by atoms with Crippen LogP contribution in [0, 0.1) is 10.1 Å². The highest BCUT2D eigenvalue weighted by Gasteiger charge is 2.18. The van der Waals surface area contributed by atoms with Crippen LogP contribution in [-0.4, -0.2) is 30.4 Å². The molecule has 8 nitrogen and oxygen atoms in total. The summed E-state index contributed by atoms with van der Waals surface area (Å²) in [6.07, 6.45) is 0.